The van der Waals surface area contributed by atoms with Gasteiger partial charge in [-0.3, -0.25) is 4.79 Å². The highest BCUT2D eigenvalue weighted by molar-refractivity contribution is 5.88. The van der Waals surface area contributed by atoms with Crippen LogP contribution in [-0.2, 0) is 10.3 Å². The average Bonchev–Trinajstić information content (AvgIpc) is 2.43. The number of hydrogen-bond acceptors (Lipinski definition) is 2. The van der Waals surface area contributed by atoms with E-state index >= 15 is 0 Å². The lowest BCUT2D eigenvalue weighted by molar-refractivity contribution is -0.124. The van der Waals surface area contributed by atoms with Gasteiger partial charge in [-0.25, -0.2) is 0 Å². The van der Waals surface area contributed by atoms with Crippen molar-refractivity contribution >= 4 is 5.78 Å². The molecule has 1 atom stereocenters. The molecule has 0 aliphatic carbocycles. The SMILES string of the molecule is CCCCCCCCC(=O)C(C)(N)c1ccccc1. The Kier molecular flexibility index (Phi) is 6.79. The minimum atomic E-state index is -0.843. The van der Waals surface area contributed by atoms with Crippen LogP contribution in [0, 0.1) is 0 Å². The van der Waals surface area contributed by atoms with Crippen molar-refractivity contribution in [2.45, 2.75) is 64.3 Å². The summed E-state index contributed by atoms with van der Waals surface area (Å²) in [5, 5.41) is 0. The van der Waals surface area contributed by atoms with E-state index in [1.165, 1.54) is 25.7 Å². The maximum atomic E-state index is 12.2. The van der Waals surface area contributed by atoms with E-state index < -0.39 is 5.54 Å². The number of carbonyl (C=O) groups excluding carboxylic acids is 1. The molecule has 0 amide bonds. The van der Waals surface area contributed by atoms with Crippen molar-refractivity contribution in [3.05, 3.63) is 35.9 Å². The van der Waals surface area contributed by atoms with Crippen LogP contribution in [0.5, 0.6) is 0 Å². The van der Waals surface area contributed by atoms with E-state index in [-0.39, 0.29) is 5.78 Å². The lowest BCUT2D eigenvalue weighted by Crippen LogP contribution is -2.41. The predicted octanol–water partition coefficient (Wildman–Crippen LogP) is 4.18. The zero-order chi connectivity index (χ0) is 14.1. The number of unbranched alkanes of at least 4 members (excludes halogenated alkanes) is 5. The van der Waals surface area contributed by atoms with E-state index in [0.717, 1.165) is 18.4 Å². The van der Waals surface area contributed by atoms with Crippen LogP contribution in [0.15, 0.2) is 30.3 Å². The van der Waals surface area contributed by atoms with Crippen molar-refractivity contribution in [2.24, 2.45) is 5.73 Å². The number of carbonyl (C=O) groups is 1. The number of Topliss-reactive ketones (excluding diaryl/α,β-unsaturated/α-hetero) is 1. The summed E-state index contributed by atoms with van der Waals surface area (Å²) in [4.78, 5) is 12.2. The normalized spacial score (nSPS) is 14.1. The molecule has 2 nitrogen and oxygen atoms in total. The molecule has 0 aliphatic heterocycles. The Bertz CT molecular complexity index is 370. The molecule has 2 heteroatoms. The van der Waals surface area contributed by atoms with Crippen molar-refractivity contribution < 1.29 is 4.79 Å². The molecule has 1 aromatic rings. The summed E-state index contributed by atoms with van der Waals surface area (Å²) < 4.78 is 0. The molecule has 0 aliphatic rings. The molecule has 19 heavy (non-hydrogen) atoms. The fraction of sp³-hybridized carbons (Fsp3) is 0.588. The highest BCUT2D eigenvalue weighted by Crippen LogP contribution is 2.21. The van der Waals surface area contributed by atoms with Gasteiger partial charge in [-0.2, -0.15) is 0 Å². The van der Waals surface area contributed by atoms with E-state index in [9.17, 15) is 4.79 Å². The van der Waals surface area contributed by atoms with Gasteiger partial charge in [0.25, 0.3) is 0 Å². The predicted molar refractivity (Wildman–Crippen MR) is 81.0 cm³/mol. The molecular weight excluding hydrogens is 234 g/mol. The lowest BCUT2D eigenvalue weighted by atomic mass is 9.86. The molecule has 0 aromatic heterocycles. The summed E-state index contributed by atoms with van der Waals surface area (Å²) in [5.41, 5.74) is 6.26. The quantitative estimate of drug-likeness (QED) is 0.678. The van der Waals surface area contributed by atoms with Crippen LogP contribution in [0.25, 0.3) is 0 Å². The standard InChI is InChI=1S/C17H27NO/c1-3-4-5-6-7-11-14-16(19)17(2,18)15-12-9-8-10-13-15/h8-10,12-13H,3-7,11,14,18H2,1-2H3. The Hall–Kier alpha value is -1.15. The van der Waals surface area contributed by atoms with Crippen LogP contribution in [0.2, 0.25) is 0 Å². The molecular formula is C17H27NO. The van der Waals surface area contributed by atoms with E-state index in [1.54, 1.807) is 0 Å². The van der Waals surface area contributed by atoms with Crippen LogP contribution < -0.4 is 5.73 Å². The number of ketones is 1. The zero-order valence-electron chi connectivity index (χ0n) is 12.3. The Labute approximate surface area is 117 Å². The second-order valence-corrected chi connectivity index (χ2v) is 5.51. The first-order chi connectivity index (χ1) is 9.09. The molecule has 0 fully saturated rings. The third-order valence-corrected chi connectivity index (χ3v) is 3.71. The lowest BCUT2D eigenvalue weighted by Gasteiger charge is -2.23. The third kappa shape index (κ3) is 5.15. The number of nitrogens with two attached hydrogens (primary N) is 1. The maximum Gasteiger partial charge on any atom is 0.156 e. The van der Waals surface area contributed by atoms with Gasteiger partial charge in [-0.15, -0.1) is 0 Å². The molecule has 0 saturated heterocycles. The smallest absolute Gasteiger partial charge is 0.156 e. The summed E-state index contributed by atoms with van der Waals surface area (Å²) in [6.45, 7) is 4.03. The number of rotatable bonds is 9. The van der Waals surface area contributed by atoms with Crippen molar-refractivity contribution in [3.63, 3.8) is 0 Å². The Morgan fingerprint density at radius 1 is 1.05 bits per heavy atom. The topological polar surface area (TPSA) is 43.1 Å². The summed E-state index contributed by atoms with van der Waals surface area (Å²) in [6.07, 6.45) is 7.75. The second kappa shape index (κ2) is 8.11. The van der Waals surface area contributed by atoms with Crippen molar-refractivity contribution in [2.75, 3.05) is 0 Å². The maximum absolute atomic E-state index is 12.2. The van der Waals surface area contributed by atoms with Gasteiger partial charge in [0, 0.05) is 6.42 Å². The Balaban J connectivity index is 2.36. The molecule has 106 valence electrons. The monoisotopic (exact) mass is 261 g/mol. The first-order valence-electron chi connectivity index (χ1n) is 7.46. The molecule has 0 saturated carbocycles. The highest BCUT2D eigenvalue weighted by Gasteiger charge is 2.29. The van der Waals surface area contributed by atoms with Crippen molar-refractivity contribution in [1.29, 1.82) is 0 Å². The van der Waals surface area contributed by atoms with Gasteiger partial charge in [0.1, 0.15) is 0 Å². The summed E-state index contributed by atoms with van der Waals surface area (Å²) in [5.74, 6) is 0.147. The molecule has 0 spiro atoms. The van der Waals surface area contributed by atoms with E-state index in [4.69, 9.17) is 5.73 Å². The molecule has 0 bridgehead atoms. The second-order valence-electron chi connectivity index (χ2n) is 5.51. The summed E-state index contributed by atoms with van der Waals surface area (Å²) >= 11 is 0. The molecule has 1 rings (SSSR count). The van der Waals surface area contributed by atoms with E-state index in [0.29, 0.717) is 6.42 Å². The highest BCUT2D eigenvalue weighted by atomic mass is 16.1. The van der Waals surface area contributed by atoms with Gasteiger partial charge < -0.3 is 5.73 Å². The van der Waals surface area contributed by atoms with Crippen LogP contribution in [0.1, 0.15) is 64.4 Å². The first-order valence-corrected chi connectivity index (χ1v) is 7.46. The van der Waals surface area contributed by atoms with Crippen LogP contribution in [-0.4, -0.2) is 5.78 Å². The van der Waals surface area contributed by atoms with Gasteiger partial charge in [-0.05, 0) is 18.9 Å². The van der Waals surface area contributed by atoms with E-state index in [1.807, 2.05) is 37.3 Å². The van der Waals surface area contributed by atoms with Gasteiger partial charge in [-0.1, -0.05) is 69.4 Å². The Morgan fingerprint density at radius 3 is 2.26 bits per heavy atom. The van der Waals surface area contributed by atoms with Crippen LogP contribution in [0.4, 0.5) is 0 Å². The largest absolute Gasteiger partial charge is 0.315 e. The zero-order valence-corrected chi connectivity index (χ0v) is 12.3. The van der Waals surface area contributed by atoms with Gasteiger partial charge >= 0.3 is 0 Å². The average molecular weight is 261 g/mol. The van der Waals surface area contributed by atoms with Crippen molar-refractivity contribution in [3.8, 4) is 0 Å². The Morgan fingerprint density at radius 2 is 1.63 bits per heavy atom. The van der Waals surface area contributed by atoms with Gasteiger partial charge in [0.15, 0.2) is 5.78 Å². The molecule has 0 radical (unpaired) electrons. The third-order valence-electron chi connectivity index (χ3n) is 3.71. The minimum Gasteiger partial charge on any atom is -0.315 e. The van der Waals surface area contributed by atoms with Crippen LogP contribution in [0.3, 0.4) is 0 Å². The molecule has 1 unspecified atom stereocenters. The minimum absolute atomic E-state index is 0.147. The fourth-order valence-corrected chi connectivity index (χ4v) is 2.27. The van der Waals surface area contributed by atoms with Gasteiger partial charge in [0.05, 0.1) is 5.54 Å². The first kappa shape index (κ1) is 15.9. The molecule has 0 heterocycles. The van der Waals surface area contributed by atoms with Crippen LogP contribution >= 0.6 is 0 Å². The molecule has 2 N–H and O–H groups in total. The van der Waals surface area contributed by atoms with E-state index in [2.05, 4.69) is 6.92 Å². The molecule has 1 aromatic carbocycles. The summed E-state index contributed by atoms with van der Waals surface area (Å²) in [6, 6.07) is 9.66. The summed E-state index contributed by atoms with van der Waals surface area (Å²) in [7, 11) is 0. The fourth-order valence-electron chi connectivity index (χ4n) is 2.27. The number of benzene rings is 1. The van der Waals surface area contributed by atoms with Crippen molar-refractivity contribution in [1.82, 2.24) is 0 Å². The number of hydrogen-bond donors (Lipinski definition) is 1. The van der Waals surface area contributed by atoms with Gasteiger partial charge in [0.2, 0.25) is 0 Å².